The first-order chi connectivity index (χ1) is 11.2. The lowest BCUT2D eigenvalue weighted by atomic mass is 9.92. The molecule has 0 aromatic carbocycles. The minimum Gasteiger partial charge on any atom is -0.256 e. The van der Waals surface area contributed by atoms with Gasteiger partial charge in [-0.15, -0.1) is 0 Å². The zero-order valence-corrected chi connectivity index (χ0v) is 18.0. The molecule has 2 nitrogen and oxygen atoms in total. The highest BCUT2D eigenvalue weighted by Crippen LogP contribution is 2.27. The molecule has 0 saturated carbocycles. The number of fused-ring (bicyclic) bond motifs is 1. The number of hydrogen-bond acceptors (Lipinski definition) is 2. The molecule has 0 bridgehead atoms. The van der Waals surface area contributed by atoms with Gasteiger partial charge < -0.3 is 0 Å². The maximum atomic E-state index is 5.33. The van der Waals surface area contributed by atoms with E-state index in [2.05, 4.69) is 56.4 Å². The summed E-state index contributed by atoms with van der Waals surface area (Å²) >= 11 is 0. The number of rotatable bonds is 3. The molecule has 0 saturated heterocycles. The topological polar surface area (TPSA) is 25.8 Å². The average molecular weight is 355 g/mol. The van der Waals surface area contributed by atoms with Gasteiger partial charge in [-0.3, -0.25) is 9.97 Å². The van der Waals surface area contributed by atoms with Crippen molar-refractivity contribution in [2.75, 3.05) is 0 Å². The van der Waals surface area contributed by atoms with Crippen molar-refractivity contribution in [3.05, 3.63) is 35.5 Å². The molecule has 1 aliphatic rings. The van der Waals surface area contributed by atoms with Crippen molar-refractivity contribution in [3.8, 4) is 11.4 Å². The van der Waals surface area contributed by atoms with E-state index in [1.54, 1.807) is 16.3 Å². The summed E-state index contributed by atoms with van der Waals surface area (Å²) in [5.41, 5.74) is 5.50. The fourth-order valence-corrected chi connectivity index (χ4v) is 7.64. The summed E-state index contributed by atoms with van der Waals surface area (Å²) in [6.45, 7) is 14.7. The molecule has 0 fully saturated rings. The zero-order valence-electron chi connectivity index (χ0n) is 16.0. The third-order valence-corrected chi connectivity index (χ3v) is 8.76. The summed E-state index contributed by atoms with van der Waals surface area (Å²) in [6, 6.07) is 6.22. The summed E-state index contributed by atoms with van der Waals surface area (Å²) in [5, 5.41) is 3.00. The molecule has 3 rings (SSSR count). The van der Waals surface area contributed by atoms with Crippen LogP contribution in [0.1, 0.15) is 24.0 Å². The van der Waals surface area contributed by atoms with Crippen molar-refractivity contribution in [1.82, 2.24) is 9.97 Å². The molecule has 0 unspecified atom stereocenters. The molecule has 0 spiro atoms. The van der Waals surface area contributed by atoms with Gasteiger partial charge in [0, 0.05) is 11.5 Å². The highest BCUT2D eigenvalue weighted by atomic mass is 28.3. The minimum atomic E-state index is -1.51. The SMILES string of the molecule is C[Si](C)(C)c1nc(-c2ccccn2)c([Si](C)(C)C)c2c1CCCC2. The Morgan fingerprint density at radius 3 is 2.04 bits per heavy atom. The highest BCUT2D eigenvalue weighted by Gasteiger charge is 2.33. The van der Waals surface area contributed by atoms with Crippen LogP contribution in [0.5, 0.6) is 0 Å². The lowest BCUT2D eigenvalue weighted by Gasteiger charge is -2.33. The molecule has 0 atom stereocenters. The van der Waals surface area contributed by atoms with Gasteiger partial charge in [-0.05, 0) is 54.1 Å². The summed E-state index contributed by atoms with van der Waals surface area (Å²) in [6.07, 6.45) is 7.00. The van der Waals surface area contributed by atoms with Crippen molar-refractivity contribution < 1.29 is 0 Å². The Bertz CT molecular complexity index is 741. The fraction of sp³-hybridized carbons (Fsp3) is 0.500. The van der Waals surface area contributed by atoms with Crippen LogP contribution in [0.3, 0.4) is 0 Å². The van der Waals surface area contributed by atoms with E-state index in [9.17, 15) is 0 Å². The Morgan fingerprint density at radius 2 is 1.50 bits per heavy atom. The quantitative estimate of drug-likeness (QED) is 0.775. The standard InChI is InChI=1S/C20H30N2Si2/c1-23(2,3)19-15-11-7-8-12-16(15)20(24(4,5)6)22-18(19)17-13-9-10-14-21-17/h9-10,13-14H,7-8,11-12H2,1-6H3. The first-order valence-electron chi connectivity index (χ1n) is 9.17. The van der Waals surface area contributed by atoms with E-state index in [0.29, 0.717) is 0 Å². The molecule has 1 aliphatic carbocycles. The Balaban J connectivity index is 2.39. The lowest BCUT2D eigenvalue weighted by Crippen LogP contribution is -2.51. The second-order valence-electron chi connectivity index (χ2n) is 9.06. The fourth-order valence-electron chi connectivity index (χ4n) is 3.94. The molecule has 2 aromatic rings. The normalized spacial score (nSPS) is 15.2. The second-order valence-corrected chi connectivity index (χ2v) is 19.0. The molecule has 4 heteroatoms. The Labute approximate surface area is 148 Å². The third kappa shape index (κ3) is 3.26. The van der Waals surface area contributed by atoms with Crippen LogP contribution >= 0.6 is 0 Å². The van der Waals surface area contributed by atoms with Crippen LogP contribution in [-0.4, -0.2) is 26.1 Å². The maximum Gasteiger partial charge on any atom is 0.102 e. The summed E-state index contributed by atoms with van der Waals surface area (Å²) in [5.74, 6) is 0. The van der Waals surface area contributed by atoms with E-state index in [1.165, 1.54) is 36.7 Å². The minimum absolute atomic E-state index is 1.06. The highest BCUT2D eigenvalue weighted by molar-refractivity contribution is 6.91. The predicted molar refractivity (Wildman–Crippen MR) is 110 cm³/mol. The van der Waals surface area contributed by atoms with Crippen LogP contribution in [0.15, 0.2) is 24.4 Å². The van der Waals surface area contributed by atoms with Gasteiger partial charge in [-0.2, -0.15) is 0 Å². The number of pyridine rings is 2. The largest absolute Gasteiger partial charge is 0.256 e. The molecular weight excluding hydrogens is 324 g/mol. The van der Waals surface area contributed by atoms with Gasteiger partial charge in [0.05, 0.1) is 19.5 Å². The molecule has 0 amide bonds. The van der Waals surface area contributed by atoms with Gasteiger partial charge >= 0.3 is 0 Å². The van der Waals surface area contributed by atoms with Gasteiger partial charge in [-0.1, -0.05) is 45.3 Å². The molecule has 0 N–H and O–H groups in total. The molecule has 128 valence electrons. The first-order valence-corrected chi connectivity index (χ1v) is 16.2. The van der Waals surface area contributed by atoms with Crippen molar-refractivity contribution in [2.24, 2.45) is 0 Å². The van der Waals surface area contributed by atoms with Crippen LogP contribution in [0.25, 0.3) is 11.4 Å². The van der Waals surface area contributed by atoms with Crippen molar-refractivity contribution in [1.29, 1.82) is 0 Å². The monoisotopic (exact) mass is 354 g/mol. The van der Waals surface area contributed by atoms with Gasteiger partial charge in [-0.25, -0.2) is 0 Å². The van der Waals surface area contributed by atoms with Gasteiger partial charge in [0.25, 0.3) is 0 Å². The lowest BCUT2D eigenvalue weighted by molar-refractivity contribution is 0.688. The van der Waals surface area contributed by atoms with Gasteiger partial charge in [0.2, 0.25) is 0 Å². The van der Waals surface area contributed by atoms with E-state index in [4.69, 9.17) is 4.98 Å². The van der Waals surface area contributed by atoms with E-state index < -0.39 is 16.1 Å². The van der Waals surface area contributed by atoms with Crippen LogP contribution in [0, 0.1) is 0 Å². The number of nitrogens with zero attached hydrogens (tertiary/aromatic N) is 2. The van der Waals surface area contributed by atoms with Gasteiger partial charge in [0.1, 0.15) is 8.07 Å². The Hall–Kier alpha value is -1.27. The van der Waals surface area contributed by atoms with E-state index in [1.807, 2.05) is 12.3 Å². The molecule has 0 aliphatic heterocycles. The van der Waals surface area contributed by atoms with Crippen LogP contribution in [0.4, 0.5) is 0 Å². The molecule has 2 aromatic heterocycles. The van der Waals surface area contributed by atoms with E-state index in [0.717, 1.165) is 5.69 Å². The van der Waals surface area contributed by atoms with Crippen LogP contribution in [0.2, 0.25) is 39.3 Å². The third-order valence-electron chi connectivity index (χ3n) is 4.88. The van der Waals surface area contributed by atoms with Crippen molar-refractivity contribution >= 4 is 26.7 Å². The van der Waals surface area contributed by atoms with Crippen LogP contribution < -0.4 is 10.5 Å². The molecule has 0 radical (unpaired) electrons. The zero-order chi connectivity index (χ0) is 17.5. The smallest absolute Gasteiger partial charge is 0.102 e. The van der Waals surface area contributed by atoms with Crippen LogP contribution in [-0.2, 0) is 12.8 Å². The van der Waals surface area contributed by atoms with E-state index >= 15 is 0 Å². The number of hydrogen-bond donors (Lipinski definition) is 0. The Kier molecular flexibility index (Phi) is 4.55. The second kappa shape index (κ2) is 6.23. The maximum absolute atomic E-state index is 5.33. The predicted octanol–water partition coefficient (Wildman–Crippen LogP) is 4.11. The summed E-state index contributed by atoms with van der Waals surface area (Å²) < 4.78 is 0. The average Bonchev–Trinajstić information content (AvgIpc) is 2.52. The van der Waals surface area contributed by atoms with Crippen molar-refractivity contribution in [3.63, 3.8) is 0 Å². The van der Waals surface area contributed by atoms with Gasteiger partial charge in [0.15, 0.2) is 0 Å². The summed E-state index contributed by atoms with van der Waals surface area (Å²) in [7, 11) is -2.99. The first kappa shape index (κ1) is 17.6. The Morgan fingerprint density at radius 1 is 0.833 bits per heavy atom. The van der Waals surface area contributed by atoms with Crippen molar-refractivity contribution in [2.45, 2.75) is 65.0 Å². The molecule has 2 heterocycles. The number of aromatic nitrogens is 2. The van der Waals surface area contributed by atoms with E-state index in [-0.39, 0.29) is 0 Å². The molecular formula is C20H30N2Si2. The summed E-state index contributed by atoms with van der Waals surface area (Å²) in [4.78, 5) is 10.00. The molecule has 24 heavy (non-hydrogen) atoms.